The molecule has 2 fully saturated rings. The van der Waals surface area contributed by atoms with Crippen LogP contribution >= 0.6 is 0 Å². The van der Waals surface area contributed by atoms with E-state index in [0.717, 1.165) is 12.8 Å². The summed E-state index contributed by atoms with van der Waals surface area (Å²) >= 11 is 0. The summed E-state index contributed by atoms with van der Waals surface area (Å²) in [7, 11) is -2.78. The van der Waals surface area contributed by atoms with Crippen LogP contribution in [0.4, 0.5) is 4.79 Å². The summed E-state index contributed by atoms with van der Waals surface area (Å²) in [5, 5.41) is 2.76. The monoisotopic (exact) mass is 562 g/mol. The van der Waals surface area contributed by atoms with E-state index < -0.39 is 57.4 Å². The second kappa shape index (κ2) is 11.6. The molecule has 2 heterocycles. The third kappa shape index (κ3) is 6.35. The number of hydrogen-bond donors (Lipinski definition) is 3. The maximum atomic E-state index is 13.5. The van der Waals surface area contributed by atoms with E-state index in [1.165, 1.54) is 36.3 Å². The average Bonchev–Trinajstić information content (AvgIpc) is 3.36. The third-order valence-corrected chi connectivity index (χ3v) is 8.79. The highest BCUT2D eigenvalue weighted by Gasteiger charge is 2.61. The Morgan fingerprint density at radius 3 is 2.54 bits per heavy atom. The second-order valence-corrected chi connectivity index (χ2v) is 11.7. The number of nitrogens with two attached hydrogens (primary N) is 1. The van der Waals surface area contributed by atoms with Crippen LogP contribution in [0.3, 0.4) is 0 Å². The van der Waals surface area contributed by atoms with Gasteiger partial charge < -0.3 is 25.4 Å². The first-order valence-corrected chi connectivity index (χ1v) is 14.5. The molecule has 3 aliphatic rings. The minimum absolute atomic E-state index is 0.127. The summed E-state index contributed by atoms with van der Waals surface area (Å²) in [6.07, 6.45) is 5.85. The van der Waals surface area contributed by atoms with Crippen molar-refractivity contribution in [2.24, 2.45) is 11.7 Å². The zero-order valence-corrected chi connectivity index (χ0v) is 22.6. The zero-order valence-electron chi connectivity index (χ0n) is 21.8. The number of nitrogens with one attached hydrogen (secondary N) is 2. The number of sulfonamides is 1. The van der Waals surface area contributed by atoms with Gasteiger partial charge in [0, 0.05) is 12.5 Å². The van der Waals surface area contributed by atoms with Gasteiger partial charge in [0.2, 0.25) is 5.91 Å². The molecule has 0 bridgehead atoms. The topological polar surface area (TPSA) is 174 Å². The number of amides is 4. The smallest absolute Gasteiger partial charge is 0.405 e. The SMILES string of the molecule is COc1ccc(S(=O)(=O)NC(=O)C23CC2C=CCCCCCC(OC(N)=O)C(=O)N2CCCC2C(=O)N3)cc1. The van der Waals surface area contributed by atoms with Gasteiger partial charge in [0.05, 0.1) is 12.0 Å². The minimum Gasteiger partial charge on any atom is -0.497 e. The normalized spacial score (nSPS) is 27.7. The van der Waals surface area contributed by atoms with Crippen LogP contribution in [0.5, 0.6) is 5.75 Å². The van der Waals surface area contributed by atoms with Gasteiger partial charge in [-0.25, -0.2) is 17.9 Å². The molecule has 4 rings (SSSR count). The van der Waals surface area contributed by atoms with Crippen molar-refractivity contribution in [1.82, 2.24) is 14.9 Å². The highest BCUT2D eigenvalue weighted by atomic mass is 32.2. The Hall–Kier alpha value is -3.61. The van der Waals surface area contributed by atoms with Crippen molar-refractivity contribution >= 4 is 33.8 Å². The summed E-state index contributed by atoms with van der Waals surface area (Å²) in [6, 6.07) is 4.67. The van der Waals surface area contributed by atoms with E-state index in [9.17, 15) is 27.6 Å². The van der Waals surface area contributed by atoms with E-state index in [0.29, 0.717) is 31.4 Å². The standard InChI is InChI=1S/C26H34N4O8S/c1-37-18-11-13-19(14-12-18)39(35,36)29-24(33)26-16-17(26)8-5-3-2-4-6-10-21(38-25(27)34)23(32)30-15-7-9-20(30)22(31)28-26/h5,8,11-14,17,20-21H,2-4,6-7,9-10,15-16H2,1H3,(H2,27,34)(H,28,31)(H,29,33). The van der Waals surface area contributed by atoms with Gasteiger partial charge in [-0.05, 0) is 69.2 Å². The minimum atomic E-state index is -4.23. The molecule has 12 nitrogen and oxygen atoms in total. The molecule has 39 heavy (non-hydrogen) atoms. The van der Waals surface area contributed by atoms with Crippen LogP contribution in [0.2, 0.25) is 0 Å². The second-order valence-electron chi connectivity index (χ2n) is 10.1. The summed E-state index contributed by atoms with van der Waals surface area (Å²) in [5.41, 5.74) is 3.71. The highest BCUT2D eigenvalue weighted by Crippen LogP contribution is 2.45. The quantitative estimate of drug-likeness (QED) is 0.451. The number of rotatable bonds is 5. The fourth-order valence-corrected chi connectivity index (χ4v) is 6.24. The van der Waals surface area contributed by atoms with Crippen LogP contribution < -0.4 is 20.5 Å². The molecule has 212 valence electrons. The zero-order chi connectivity index (χ0) is 28.2. The van der Waals surface area contributed by atoms with E-state index in [2.05, 4.69) is 10.0 Å². The van der Waals surface area contributed by atoms with Gasteiger partial charge in [-0.1, -0.05) is 18.6 Å². The first-order chi connectivity index (χ1) is 18.6. The molecule has 4 atom stereocenters. The molecule has 4 amide bonds. The summed E-state index contributed by atoms with van der Waals surface area (Å²) < 4.78 is 38.2. The Morgan fingerprint density at radius 1 is 1.10 bits per heavy atom. The van der Waals surface area contributed by atoms with E-state index in [4.69, 9.17) is 15.2 Å². The predicted molar refractivity (Wildman–Crippen MR) is 139 cm³/mol. The molecule has 13 heteroatoms. The molecule has 1 saturated heterocycles. The van der Waals surface area contributed by atoms with Crippen molar-refractivity contribution in [1.29, 1.82) is 0 Å². The van der Waals surface area contributed by atoms with Crippen molar-refractivity contribution in [3.05, 3.63) is 36.4 Å². The van der Waals surface area contributed by atoms with Crippen LogP contribution in [-0.4, -0.2) is 68.5 Å². The van der Waals surface area contributed by atoms with Gasteiger partial charge >= 0.3 is 6.09 Å². The molecule has 0 aromatic heterocycles. The Balaban J connectivity index is 1.57. The van der Waals surface area contributed by atoms with E-state index in [1.54, 1.807) is 0 Å². The van der Waals surface area contributed by atoms with Crippen molar-refractivity contribution < 1.29 is 37.1 Å². The lowest BCUT2D eigenvalue weighted by molar-refractivity contribution is -0.146. The largest absolute Gasteiger partial charge is 0.497 e. The maximum Gasteiger partial charge on any atom is 0.405 e. The van der Waals surface area contributed by atoms with Gasteiger partial charge in [-0.2, -0.15) is 0 Å². The van der Waals surface area contributed by atoms with Gasteiger partial charge in [0.15, 0.2) is 6.10 Å². The first-order valence-electron chi connectivity index (χ1n) is 13.0. The lowest BCUT2D eigenvalue weighted by atomic mass is 10.1. The Morgan fingerprint density at radius 2 is 1.85 bits per heavy atom. The Kier molecular flexibility index (Phi) is 8.48. The number of methoxy groups -OCH3 is 1. The van der Waals surface area contributed by atoms with Gasteiger partial charge in [0.25, 0.3) is 21.8 Å². The third-order valence-electron chi connectivity index (χ3n) is 7.44. The van der Waals surface area contributed by atoms with Crippen molar-refractivity contribution in [3.63, 3.8) is 0 Å². The van der Waals surface area contributed by atoms with Crippen LogP contribution in [0.25, 0.3) is 0 Å². The summed E-state index contributed by atoms with van der Waals surface area (Å²) in [5.74, 6) is -1.88. The molecule has 4 unspecified atom stereocenters. The summed E-state index contributed by atoms with van der Waals surface area (Å²) in [6.45, 7) is 0.282. The number of nitrogens with zero attached hydrogens (tertiary/aromatic N) is 1. The Labute approximate surface area is 227 Å². The number of fused-ring (bicyclic) bond motifs is 2. The molecule has 0 radical (unpaired) electrons. The van der Waals surface area contributed by atoms with Gasteiger partial charge in [-0.3, -0.25) is 14.4 Å². The molecule has 1 aliphatic carbocycles. The summed E-state index contributed by atoms with van der Waals surface area (Å²) in [4.78, 5) is 52.8. The van der Waals surface area contributed by atoms with E-state index in [1.807, 2.05) is 12.2 Å². The molecule has 1 saturated carbocycles. The number of allylic oxidation sites excluding steroid dienone is 1. The fraction of sp³-hybridized carbons (Fsp3) is 0.538. The van der Waals surface area contributed by atoms with Crippen molar-refractivity contribution in [3.8, 4) is 5.75 Å². The van der Waals surface area contributed by atoms with Gasteiger partial charge in [0.1, 0.15) is 17.3 Å². The van der Waals surface area contributed by atoms with E-state index >= 15 is 0 Å². The van der Waals surface area contributed by atoms with Crippen LogP contribution in [-0.2, 0) is 29.1 Å². The van der Waals surface area contributed by atoms with Gasteiger partial charge in [-0.15, -0.1) is 0 Å². The maximum absolute atomic E-state index is 13.5. The fourth-order valence-electron chi connectivity index (χ4n) is 5.20. The van der Waals surface area contributed by atoms with Crippen molar-refractivity contribution in [2.75, 3.05) is 13.7 Å². The number of primary amides is 1. The molecule has 1 aromatic carbocycles. The number of carbonyl (C=O) groups excluding carboxylic acids is 4. The molecule has 1 aromatic rings. The van der Waals surface area contributed by atoms with Crippen LogP contribution in [0, 0.1) is 5.92 Å². The van der Waals surface area contributed by atoms with E-state index in [-0.39, 0.29) is 24.3 Å². The number of carbonyl (C=O) groups is 4. The molecule has 2 aliphatic heterocycles. The number of ether oxygens (including phenoxy) is 2. The molecular weight excluding hydrogens is 528 g/mol. The first kappa shape index (κ1) is 28.4. The molecule has 0 spiro atoms. The average molecular weight is 563 g/mol. The number of hydrogen-bond acceptors (Lipinski definition) is 8. The lowest BCUT2D eigenvalue weighted by Crippen LogP contribution is -2.57. The van der Waals surface area contributed by atoms with Crippen LogP contribution in [0.1, 0.15) is 51.4 Å². The van der Waals surface area contributed by atoms with Crippen LogP contribution in [0.15, 0.2) is 41.3 Å². The Bertz CT molecular complexity index is 1250. The molecule has 4 N–H and O–H groups in total. The molecular formula is C26H34N4O8S. The predicted octanol–water partition coefficient (Wildman–Crippen LogP) is 1.35. The highest BCUT2D eigenvalue weighted by molar-refractivity contribution is 7.90. The van der Waals surface area contributed by atoms with Crippen molar-refractivity contribution in [2.45, 2.75) is 73.9 Å². The lowest BCUT2D eigenvalue weighted by Gasteiger charge is -2.29. The number of benzene rings is 1.